The first-order valence-corrected chi connectivity index (χ1v) is 5.79. The van der Waals surface area contributed by atoms with Crippen LogP contribution in [0.1, 0.15) is 39.0 Å². The molecule has 1 atom stereocenters. The summed E-state index contributed by atoms with van der Waals surface area (Å²) < 4.78 is 0. The third kappa shape index (κ3) is 2.44. The Balaban J connectivity index is 1.80. The van der Waals surface area contributed by atoms with Gasteiger partial charge in [0.05, 0.1) is 0 Å². The summed E-state index contributed by atoms with van der Waals surface area (Å²) in [6.45, 7) is 6.02. The van der Waals surface area contributed by atoms with Gasteiger partial charge in [-0.2, -0.15) is 0 Å². The second kappa shape index (κ2) is 3.97. The van der Waals surface area contributed by atoms with Crippen LogP contribution in [-0.2, 0) is 0 Å². The Bertz CT molecular complexity index is 157. The van der Waals surface area contributed by atoms with Gasteiger partial charge in [0, 0.05) is 19.1 Å². The average Bonchev–Trinajstić information content (AvgIpc) is 3.00. The number of piperidine rings is 1. The van der Waals surface area contributed by atoms with Crippen molar-refractivity contribution >= 4 is 0 Å². The highest BCUT2D eigenvalue weighted by Crippen LogP contribution is 2.30. The van der Waals surface area contributed by atoms with Crippen molar-refractivity contribution in [3.05, 3.63) is 0 Å². The van der Waals surface area contributed by atoms with E-state index < -0.39 is 0 Å². The lowest BCUT2D eigenvalue weighted by Gasteiger charge is -2.37. The van der Waals surface area contributed by atoms with Gasteiger partial charge in [0.15, 0.2) is 0 Å². The number of rotatable bonds is 4. The molecule has 2 rings (SSSR count). The van der Waals surface area contributed by atoms with Gasteiger partial charge in [-0.25, -0.2) is 0 Å². The van der Waals surface area contributed by atoms with Gasteiger partial charge in [-0.1, -0.05) is 6.92 Å². The first-order valence-electron chi connectivity index (χ1n) is 5.79. The molecule has 1 aliphatic carbocycles. The standard InChI is InChI=1S/C11H22N2/c1-2-11(6-3-7-12-8-11)9-13-10-4-5-10/h10,12-13H,2-9H2,1H3. The van der Waals surface area contributed by atoms with Crippen molar-refractivity contribution in [1.29, 1.82) is 0 Å². The van der Waals surface area contributed by atoms with Crippen LogP contribution in [0.15, 0.2) is 0 Å². The summed E-state index contributed by atoms with van der Waals surface area (Å²) in [7, 11) is 0. The quantitative estimate of drug-likeness (QED) is 0.689. The maximum absolute atomic E-state index is 3.68. The molecule has 2 nitrogen and oxygen atoms in total. The van der Waals surface area contributed by atoms with Crippen LogP contribution in [0.2, 0.25) is 0 Å². The summed E-state index contributed by atoms with van der Waals surface area (Å²) in [5.74, 6) is 0. The van der Waals surface area contributed by atoms with Gasteiger partial charge in [-0.15, -0.1) is 0 Å². The third-order valence-corrected chi connectivity index (χ3v) is 3.65. The van der Waals surface area contributed by atoms with E-state index in [1.54, 1.807) is 0 Å². The van der Waals surface area contributed by atoms with Crippen LogP contribution < -0.4 is 10.6 Å². The van der Waals surface area contributed by atoms with Crippen molar-refractivity contribution in [3.8, 4) is 0 Å². The van der Waals surface area contributed by atoms with Crippen LogP contribution >= 0.6 is 0 Å². The lowest BCUT2D eigenvalue weighted by Crippen LogP contribution is -2.46. The van der Waals surface area contributed by atoms with Crippen molar-refractivity contribution in [2.45, 2.75) is 45.1 Å². The lowest BCUT2D eigenvalue weighted by molar-refractivity contribution is 0.192. The summed E-state index contributed by atoms with van der Waals surface area (Å²) in [5.41, 5.74) is 0.570. The van der Waals surface area contributed by atoms with E-state index in [9.17, 15) is 0 Å². The maximum Gasteiger partial charge on any atom is 0.00684 e. The number of nitrogens with one attached hydrogen (secondary N) is 2. The predicted molar refractivity (Wildman–Crippen MR) is 55.9 cm³/mol. The van der Waals surface area contributed by atoms with E-state index in [1.165, 1.54) is 51.7 Å². The van der Waals surface area contributed by atoms with Crippen LogP contribution in [0, 0.1) is 5.41 Å². The molecular weight excluding hydrogens is 160 g/mol. The molecule has 2 heteroatoms. The molecule has 1 unspecified atom stereocenters. The van der Waals surface area contributed by atoms with E-state index in [4.69, 9.17) is 0 Å². The first kappa shape index (κ1) is 9.47. The first-order chi connectivity index (χ1) is 6.35. The molecule has 0 radical (unpaired) electrons. The second-order valence-corrected chi connectivity index (χ2v) is 4.79. The van der Waals surface area contributed by atoms with E-state index in [0.717, 1.165) is 6.04 Å². The molecule has 0 spiro atoms. The third-order valence-electron chi connectivity index (χ3n) is 3.65. The summed E-state index contributed by atoms with van der Waals surface area (Å²) >= 11 is 0. The van der Waals surface area contributed by atoms with E-state index >= 15 is 0 Å². The van der Waals surface area contributed by atoms with Crippen molar-refractivity contribution in [2.24, 2.45) is 5.41 Å². The Morgan fingerprint density at radius 3 is 2.85 bits per heavy atom. The molecule has 2 aliphatic rings. The van der Waals surface area contributed by atoms with Crippen LogP contribution in [0.3, 0.4) is 0 Å². The zero-order valence-corrected chi connectivity index (χ0v) is 8.73. The molecule has 0 aromatic rings. The van der Waals surface area contributed by atoms with Gasteiger partial charge < -0.3 is 10.6 Å². The average molecular weight is 182 g/mol. The molecule has 2 N–H and O–H groups in total. The van der Waals surface area contributed by atoms with Crippen molar-refractivity contribution in [3.63, 3.8) is 0 Å². The van der Waals surface area contributed by atoms with Crippen LogP contribution in [0.4, 0.5) is 0 Å². The zero-order valence-electron chi connectivity index (χ0n) is 8.73. The summed E-state index contributed by atoms with van der Waals surface area (Å²) in [6, 6.07) is 0.866. The smallest absolute Gasteiger partial charge is 0.00684 e. The van der Waals surface area contributed by atoms with Gasteiger partial charge in [0.1, 0.15) is 0 Å². The SMILES string of the molecule is CCC1(CNC2CC2)CCCNC1. The van der Waals surface area contributed by atoms with Crippen molar-refractivity contribution in [2.75, 3.05) is 19.6 Å². The molecule has 1 aliphatic heterocycles. The fourth-order valence-electron chi connectivity index (χ4n) is 2.26. The van der Waals surface area contributed by atoms with Crippen LogP contribution in [0.25, 0.3) is 0 Å². The molecular formula is C11H22N2. The van der Waals surface area contributed by atoms with E-state index in [-0.39, 0.29) is 0 Å². The molecule has 1 saturated carbocycles. The number of hydrogen-bond acceptors (Lipinski definition) is 2. The largest absolute Gasteiger partial charge is 0.316 e. The molecule has 0 amide bonds. The minimum atomic E-state index is 0.570. The monoisotopic (exact) mass is 182 g/mol. The summed E-state index contributed by atoms with van der Waals surface area (Å²) in [6.07, 6.45) is 6.91. The van der Waals surface area contributed by atoms with Gasteiger partial charge >= 0.3 is 0 Å². The number of hydrogen-bond donors (Lipinski definition) is 2. The zero-order chi connectivity index (χ0) is 9.15. The summed E-state index contributed by atoms with van der Waals surface area (Å²) in [5, 5.41) is 7.21. The molecule has 2 fully saturated rings. The van der Waals surface area contributed by atoms with Gasteiger partial charge in [-0.05, 0) is 44.1 Å². The predicted octanol–water partition coefficient (Wildman–Crippen LogP) is 1.52. The molecule has 0 aromatic carbocycles. The molecule has 1 heterocycles. The fourth-order valence-corrected chi connectivity index (χ4v) is 2.26. The molecule has 13 heavy (non-hydrogen) atoms. The van der Waals surface area contributed by atoms with Gasteiger partial charge in [0.2, 0.25) is 0 Å². The Morgan fingerprint density at radius 1 is 1.46 bits per heavy atom. The summed E-state index contributed by atoms with van der Waals surface area (Å²) in [4.78, 5) is 0. The molecule has 1 saturated heterocycles. The topological polar surface area (TPSA) is 24.1 Å². The van der Waals surface area contributed by atoms with Crippen LogP contribution in [0.5, 0.6) is 0 Å². The maximum atomic E-state index is 3.68. The lowest BCUT2D eigenvalue weighted by atomic mass is 9.78. The normalized spacial score (nSPS) is 34.8. The van der Waals surface area contributed by atoms with Crippen LogP contribution in [-0.4, -0.2) is 25.7 Å². The van der Waals surface area contributed by atoms with Crippen molar-refractivity contribution in [1.82, 2.24) is 10.6 Å². The molecule has 76 valence electrons. The fraction of sp³-hybridized carbons (Fsp3) is 1.00. The molecule has 0 bridgehead atoms. The highest BCUT2D eigenvalue weighted by atomic mass is 15.0. The second-order valence-electron chi connectivity index (χ2n) is 4.79. The highest BCUT2D eigenvalue weighted by molar-refractivity contribution is 4.90. The van der Waals surface area contributed by atoms with Crippen molar-refractivity contribution < 1.29 is 0 Å². The van der Waals surface area contributed by atoms with E-state index in [0.29, 0.717) is 5.41 Å². The highest BCUT2D eigenvalue weighted by Gasteiger charge is 2.32. The molecule has 0 aromatic heterocycles. The van der Waals surface area contributed by atoms with Gasteiger partial charge in [-0.3, -0.25) is 0 Å². The Morgan fingerprint density at radius 2 is 2.31 bits per heavy atom. The minimum Gasteiger partial charge on any atom is -0.316 e. The Hall–Kier alpha value is -0.0800. The van der Waals surface area contributed by atoms with Gasteiger partial charge in [0.25, 0.3) is 0 Å². The Kier molecular flexibility index (Phi) is 2.89. The Labute approximate surface area is 81.5 Å². The van der Waals surface area contributed by atoms with E-state index in [1.807, 2.05) is 0 Å². The minimum absolute atomic E-state index is 0.570. The van der Waals surface area contributed by atoms with E-state index in [2.05, 4.69) is 17.6 Å².